The summed E-state index contributed by atoms with van der Waals surface area (Å²) < 4.78 is 0. The van der Waals surface area contributed by atoms with Gasteiger partial charge in [0.05, 0.1) is 0 Å². The normalized spacial score (nSPS) is 29.0. The number of rotatable bonds is 3. The third-order valence-electron chi connectivity index (χ3n) is 6.21. The molecule has 0 spiro atoms. The van der Waals surface area contributed by atoms with E-state index in [2.05, 4.69) is 57.2 Å². The van der Waals surface area contributed by atoms with Crippen LogP contribution in [0.2, 0.25) is 0 Å². The Balaban J connectivity index is 1.26. The van der Waals surface area contributed by atoms with Crippen molar-refractivity contribution in [2.75, 3.05) is 24.5 Å². The van der Waals surface area contributed by atoms with Gasteiger partial charge in [0.1, 0.15) is 0 Å². The molecule has 3 nitrogen and oxygen atoms in total. The van der Waals surface area contributed by atoms with E-state index in [1.54, 1.807) is 0 Å². The Morgan fingerprint density at radius 1 is 1.00 bits per heavy atom. The van der Waals surface area contributed by atoms with Crippen LogP contribution in [0.25, 0.3) is 0 Å². The van der Waals surface area contributed by atoms with Crippen molar-refractivity contribution in [3.8, 4) is 0 Å². The van der Waals surface area contributed by atoms with E-state index in [4.69, 9.17) is 0 Å². The number of nitrogens with zero attached hydrogens (tertiary/aromatic N) is 3. The Morgan fingerprint density at radius 3 is 2.79 bits per heavy atom. The quantitative estimate of drug-likeness (QED) is 0.866. The van der Waals surface area contributed by atoms with Crippen molar-refractivity contribution in [2.45, 2.75) is 37.8 Å². The maximum absolute atomic E-state index is 4.57. The number of piperidine rings is 1. The highest BCUT2D eigenvalue weighted by Crippen LogP contribution is 2.35. The molecule has 2 aromatic rings. The SMILES string of the molecule is c1ccc(N2CC3CC2CCN3CC2Cc3cccnc3C2)cc1. The Bertz CT molecular complexity index is 689. The molecule has 2 fully saturated rings. The van der Waals surface area contributed by atoms with Gasteiger partial charge in [0.15, 0.2) is 0 Å². The highest BCUT2D eigenvalue weighted by molar-refractivity contribution is 5.49. The predicted molar refractivity (Wildman–Crippen MR) is 97.3 cm³/mol. The first-order chi connectivity index (χ1) is 11.9. The highest BCUT2D eigenvalue weighted by Gasteiger charge is 2.40. The molecule has 3 heteroatoms. The molecule has 1 aromatic carbocycles. The van der Waals surface area contributed by atoms with Crippen molar-refractivity contribution < 1.29 is 0 Å². The zero-order valence-corrected chi connectivity index (χ0v) is 14.1. The van der Waals surface area contributed by atoms with E-state index in [0.717, 1.165) is 18.0 Å². The van der Waals surface area contributed by atoms with Crippen molar-refractivity contribution in [3.63, 3.8) is 0 Å². The van der Waals surface area contributed by atoms with Crippen LogP contribution in [0.5, 0.6) is 0 Å². The van der Waals surface area contributed by atoms with Crippen LogP contribution in [0, 0.1) is 5.92 Å². The second kappa shape index (κ2) is 5.89. The van der Waals surface area contributed by atoms with E-state index in [1.165, 1.54) is 62.3 Å². The first kappa shape index (κ1) is 14.5. The summed E-state index contributed by atoms with van der Waals surface area (Å²) >= 11 is 0. The fourth-order valence-electron chi connectivity index (χ4n) is 5.06. The van der Waals surface area contributed by atoms with E-state index in [0.29, 0.717) is 0 Å². The number of hydrogen-bond donors (Lipinski definition) is 0. The number of aromatic nitrogens is 1. The second-order valence-corrected chi connectivity index (χ2v) is 7.70. The Hall–Kier alpha value is -1.87. The molecule has 3 heterocycles. The molecule has 3 unspecified atom stereocenters. The van der Waals surface area contributed by atoms with Gasteiger partial charge in [-0.2, -0.15) is 0 Å². The summed E-state index contributed by atoms with van der Waals surface area (Å²) in [5.74, 6) is 0.761. The van der Waals surface area contributed by atoms with Gasteiger partial charge in [0.2, 0.25) is 0 Å². The van der Waals surface area contributed by atoms with Crippen LogP contribution < -0.4 is 4.90 Å². The van der Waals surface area contributed by atoms with Crippen LogP contribution in [0.3, 0.4) is 0 Å². The minimum Gasteiger partial charge on any atom is -0.367 e. The number of pyridine rings is 1. The zero-order chi connectivity index (χ0) is 15.9. The lowest BCUT2D eigenvalue weighted by Gasteiger charge is -2.34. The smallest absolute Gasteiger partial charge is 0.0439 e. The standard InChI is InChI=1S/C21H25N3/c1-2-6-18(7-3-1)24-15-20-13-19(24)8-10-23(20)14-16-11-17-5-4-9-22-21(17)12-16/h1-7,9,16,19-20H,8,10-15H2. The highest BCUT2D eigenvalue weighted by atomic mass is 15.3. The van der Waals surface area contributed by atoms with Crippen LogP contribution in [-0.4, -0.2) is 41.6 Å². The predicted octanol–water partition coefficient (Wildman–Crippen LogP) is 3.15. The van der Waals surface area contributed by atoms with Gasteiger partial charge < -0.3 is 4.90 Å². The minimum atomic E-state index is 0.737. The zero-order valence-electron chi connectivity index (χ0n) is 14.1. The molecule has 1 aromatic heterocycles. The molecule has 5 rings (SSSR count). The lowest BCUT2D eigenvalue weighted by atomic mass is 9.99. The molecule has 124 valence electrons. The van der Waals surface area contributed by atoms with E-state index >= 15 is 0 Å². The van der Waals surface area contributed by atoms with Gasteiger partial charge in [-0.05, 0) is 55.4 Å². The molecule has 3 atom stereocenters. The molecular weight excluding hydrogens is 294 g/mol. The molecule has 1 aliphatic carbocycles. The molecule has 3 aliphatic rings. The van der Waals surface area contributed by atoms with Crippen LogP contribution in [0.15, 0.2) is 48.7 Å². The first-order valence-corrected chi connectivity index (χ1v) is 9.35. The average Bonchev–Trinajstić information content (AvgIpc) is 3.19. The summed E-state index contributed by atoms with van der Waals surface area (Å²) in [4.78, 5) is 10.00. The van der Waals surface area contributed by atoms with Gasteiger partial charge in [-0.15, -0.1) is 0 Å². The number of benzene rings is 1. The summed E-state index contributed by atoms with van der Waals surface area (Å²) in [6, 6.07) is 16.8. The van der Waals surface area contributed by atoms with Gasteiger partial charge in [0.25, 0.3) is 0 Å². The molecule has 0 N–H and O–H groups in total. The Kier molecular flexibility index (Phi) is 3.55. The summed E-state index contributed by atoms with van der Waals surface area (Å²) in [5.41, 5.74) is 4.23. The van der Waals surface area contributed by atoms with E-state index in [9.17, 15) is 0 Å². The Morgan fingerprint density at radius 2 is 1.92 bits per heavy atom. The second-order valence-electron chi connectivity index (χ2n) is 7.70. The summed E-state index contributed by atoms with van der Waals surface area (Å²) in [6.07, 6.45) is 6.99. The van der Waals surface area contributed by atoms with Crippen molar-refractivity contribution in [2.24, 2.45) is 5.92 Å². The molecule has 2 bridgehead atoms. The molecule has 2 saturated heterocycles. The third kappa shape index (κ3) is 2.51. The van der Waals surface area contributed by atoms with Gasteiger partial charge in [-0.25, -0.2) is 0 Å². The molecule has 2 aliphatic heterocycles. The van der Waals surface area contributed by atoms with E-state index < -0.39 is 0 Å². The Labute approximate surface area is 144 Å². The first-order valence-electron chi connectivity index (χ1n) is 9.35. The number of anilines is 1. The van der Waals surface area contributed by atoms with Crippen LogP contribution in [0.4, 0.5) is 5.69 Å². The fourth-order valence-corrected chi connectivity index (χ4v) is 5.06. The molecule has 0 radical (unpaired) electrons. The fraction of sp³-hybridized carbons (Fsp3) is 0.476. The van der Waals surface area contributed by atoms with Crippen molar-refractivity contribution in [1.82, 2.24) is 9.88 Å². The summed E-state index contributed by atoms with van der Waals surface area (Å²) in [5, 5.41) is 0. The topological polar surface area (TPSA) is 19.4 Å². The van der Waals surface area contributed by atoms with Crippen LogP contribution in [0.1, 0.15) is 24.1 Å². The van der Waals surface area contributed by atoms with Crippen LogP contribution >= 0.6 is 0 Å². The van der Waals surface area contributed by atoms with Crippen molar-refractivity contribution >= 4 is 5.69 Å². The molecule has 24 heavy (non-hydrogen) atoms. The van der Waals surface area contributed by atoms with Gasteiger partial charge in [0, 0.05) is 49.3 Å². The summed E-state index contributed by atoms with van der Waals surface area (Å²) in [6.45, 7) is 3.71. The average molecular weight is 319 g/mol. The van der Waals surface area contributed by atoms with Gasteiger partial charge >= 0.3 is 0 Å². The van der Waals surface area contributed by atoms with E-state index in [1.807, 2.05) is 6.20 Å². The lowest BCUT2D eigenvalue weighted by molar-refractivity contribution is 0.151. The summed E-state index contributed by atoms with van der Waals surface area (Å²) in [7, 11) is 0. The number of para-hydroxylation sites is 1. The maximum atomic E-state index is 4.57. The molecule has 0 saturated carbocycles. The third-order valence-corrected chi connectivity index (χ3v) is 6.21. The number of likely N-dealkylation sites (tertiary alicyclic amines) is 1. The largest absolute Gasteiger partial charge is 0.367 e. The molecular formula is C21H25N3. The molecule has 0 amide bonds. The maximum Gasteiger partial charge on any atom is 0.0439 e. The lowest BCUT2D eigenvalue weighted by Crippen LogP contribution is -2.43. The monoisotopic (exact) mass is 319 g/mol. The number of hydrogen-bond acceptors (Lipinski definition) is 3. The van der Waals surface area contributed by atoms with Crippen molar-refractivity contribution in [1.29, 1.82) is 0 Å². The van der Waals surface area contributed by atoms with Crippen molar-refractivity contribution in [3.05, 3.63) is 59.9 Å². The number of fused-ring (bicyclic) bond motifs is 3. The van der Waals surface area contributed by atoms with E-state index in [-0.39, 0.29) is 0 Å². The van der Waals surface area contributed by atoms with Crippen LogP contribution in [-0.2, 0) is 12.8 Å². The van der Waals surface area contributed by atoms with Gasteiger partial charge in [-0.1, -0.05) is 24.3 Å². The minimum absolute atomic E-state index is 0.737. The van der Waals surface area contributed by atoms with Gasteiger partial charge in [-0.3, -0.25) is 9.88 Å².